The molecule has 0 aromatic heterocycles. The first-order valence-electron chi connectivity index (χ1n) is 11.0. The van der Waals surface area contributed by atoms with Gasteiger partial charge in [-0.25, -0.2) is 0 Å². The highest BCUT2D eigenvalue weighted by atomic mass is 32.3. The van der Waals surface area contributed by atoms with Gasteiger partial charge in [0.05, 0.1) is 0 Å². The largest absolute Gasteiger partial charge is 0.432 e. The molecule has 27 heavy (non-hydrogen) atoms. The van der Waals surface area contributed by atoms with Crippen molar-refractivity contribution in [2.45, 2.75) is 88.1 Å². The Bertz CT molecular complexity index is 597. The lowest BCUT2D eigenvalue weighted by atomic mass is 9.53. The van der Waals surface area contributed by atoms with Gasteiger partial charge in [0.1, 0.15) is 0 Å². The van der Waals surface area contributed by atoms with Crippen LogP contribution in [0.25, 0.3) is 0 Å². The van der Waals surface area contributed by atoms with Gasteiger partial charge in [0.2, 0.25) is 0 Å². The molecule has 0 heterocycles. The van der Waals surface area contributed by atoms with E-state index in [4.69, 9.17) is 8.57 Å². The van der Waals surface area contributed by atoms with Gasteiger partial charge in [-0.3, -0.25) is 0 Å². The van der Waals surface area contributed by atoms with E-state index in [-0.39, 0.29) is 11.1 Å². The van der Waals surface area contributed by atoms with Crippen LogP contribution in [0.1, 0.15) is 77.0 Å². The van der Waals surface area contributed by atoms with E-state index in [2.05, 4.69) is 11.0 Å². The fourth-order valence-corrected chi connectivity index (χ4v) is 9.36. The monoisotopic (exact) mass is 396 g/mol. The molecule has 7 heteroatoms. The predicted molar refractivity (Wildman–Crippen MR) is 99.2 cm³/mol. The second-order valence-electron chi connectivity index (χ2n) is 11.2. The number of hydrogen-bond donors (Lipinski definition) is 2. The van der Waals surface area contributed by atoms with Crippen LogP contribution in [0.5, 0.6) is 0 Å². The molecule has 0 unspecified atom stereocenters. The summed E-state index contributed by atoms with van der Waals surface area (Å²) in [4.78, 5) is 0. The van der Waals surface area contributed by atoms with Gasteiger partial charge in [0, 0.05) is 11.1 Å². The molecule has 8 aliphatic carbocycles. The quantitative estimate of drug-likeness (QED) is 0.672. The van der Waals surface area contributed by atoms with Crippen LogP contribution in [0.4, 0.5) is 0 Å². The minimum atomic E-state index is -4.09. The smallest absolute Gasteiger partial charge is 0.176 e. The van der Waals surface area contributed by atoms with Crippen molar-refractivity contribution in [3.63, 3.8) is 0 Å². The van der Waals surface area contributed by atoms with E-state index < -0.39 is 10.4 Å². The molecule has 0 atom stereocenters. The predicted octanol–water partition coefficient (Wildman–Crippen LogP) is 3.21. The summed E-state index contributed by atoms with van der Waals surface area (Å²) in [6, 6.07) is 0. The zero-order valence-electron chi connectivity index (χ0n) is 16.0. The molecule has 0 amide bonds. The lowest BCUT2D eigenvalue weighted by molar-refractivity contribution is -0.0883. The van der Waals surface area contributed by atoms with E-state index in [0.29, 0.717) is 0 Å². The Kier molecular flexibility index (Phi) is 3.86. The molecule has 8 bridgehead atoms. The van der Waals surface area contributed by atoms with Crippen LogP contribution in [0, 0.1) is 35.5 Å². The Morgan fingerprint density at radius 1 is 0.556 bits per heavy atom. The maximum absolute atomic E-state index is 12.4. The van der Waals surface area contributed by atoms with Gasteiger partial charge in [-0.05, 0) is 113 Å². The third kappa shape index (κ3) is 3.18. The summed E-state index contributed by atoms with van der Waals surface area (Å²) in [6.45, 7) is 0. The number of nitrogens with one attached hydrogen (secondary N) is 2. The molecule has 152 valence electrons. The van der Waals surface area contributed by atoms with Crippen LogP contribution in [0.15, 0.2) is 0 Å². The summed E-state index contributed by atoms with van der Waals surface area (Å²) in [7, 11) is -4.09. The lowest BCUT2D eigenvalue weighted by Crippen LogP contribution is -2.60. The van der Waals surface area contributed by atoms with Crippen LogP contribution >= 0.6 is 0 Å². The molecule has 0 radical (unpaired) electrons. The van der Waals surface area contributed by atoms with E-state index in [0.717, 1.165) is 74.0 Å². The summed E-state index contributed by atoms with van der Waals surface area (Å²) in [5.41, 5.74) is 5.62. The highest BCUT2D eigenvalue weighted by molar-refractivity contribution is 7.81. The van der Waals surface area contributed by atoms with Gasteiger partial charge in [-0.1, -0.05) is 0 Å². The Labute approximate surface area is 162 Å². The fraction of sp³-hybridized carbons (Fsp3) is 1.00. The Morgan fingerprint density at radius 3 is 1.07 bits per heavy atom. The molecule has 0 spiro atoms. The van der Waals surface area contributed by atoms with E-state index >= 15 is 0 Å². The molecule has 0 saturated heterocycles. The summed E-state index contributed by atoms with van der Waals surface area (Å²) in [5, 5.41) is 0. The maximum atomic E-state index is 12.4. The van der Waals surface area contributed by atoms with Crippen molar-refractivity contribution in [1.82, 2.24) is 11.0 Å². The van der Waals surface area contributed by atoms with Crippen molar-refractivity contribution >= 4 is 10.4 Å². The van der Waals surface area contributed by atoms with Gasteiger partial charge in [0.25, 0.3) is 0 Å². The van der Waals surface area contributed by atoms with Crippen LogP contribution in [-0.2, 0) is 19.0 Å². The molecular weight excluding hydrogens is 364 g/mol. The lowest BCUT2D eigenvalue weighted by Gasteiger charge is -2.56. The minimum absolute atomic E-state index is 0.161. The molecule has 8 aliphatic rings. The average molecular weight is 397 g/mol. The summed E-state index contributed by atoms with van der Waals surface area (Å²) in [6.07, 6.45) is 14.1. The second kappa shape index (κ2) is 5.91. The van der Waals surface area contributed by atoms with Gasteiger partial charge in [-0.2, -0.15) is 27.9 Å². The molecule has 2 N–H and O–H groups in total. The molecular formula is C20H32N2O4S. The van der Waals surface area contributed by atoms with Crippen molar-refractivity contribution in [2.24, 2.45) is 35.5 Å². The number of hydroxylamine groups is 2. The van der Waals surface area contributed by atoms with Crippen molar-refractivity contribution in [3.8, 4) is 0 Å². The highest BCUT2D eigenvalue weighted by Gasteiger charge is 2.53. The number of rotatable bonds is 6. The topological polar surface area (TPSA) is 76.7 Å². The van der Waals surface area contributed by atoms with Crippen LogP contribution in [0.2, 0.25) is 0 Å². The zero-order valence-corrected chi connectivity index (χ0v) is 16.8. The van der Waals surface area contributed by atoms with E-state index in [9.17, 15) is 8.42 Å². The first-order chi connectivity index (χ1) is 12.9. The van der Waals surface area contributed by atoms with Crippen molar-refractivity contribution < 1.29 is 17.0 Å². The summed E-state index contributed by atoms with van der Waals surface area (Å²) in [5.74, 6) is 4.42. The Hall–Kier alpha value is -0.210. The standard InChI is InChI=1S/C20H32N2O4S/c23-27(24,25-21-19-7-13-1-14(8-19)3-15(2-13)9-19)26-22-20-10-16-4-17(11-20)6-18(5-16)12-20/h13-18,21-22H,1-12H2. The Morgan fingerprint density at radius 2 is 0.815 bits per heavy atom. The molecule has 8 saturated carbocycles. The molecule has 0 aliphatic heterocycles. The third-order valence-electron chi connectivity index (χ3n) is 8.80. The van der Waals surface area contributed by atoms with Crippen molar-refractivity contribution in [1.29, 1.82) is 0 Å². The first-order valence-corrected chi connectivity index (χ1v) is 12.4. The van der Waals surface area contributed by atoms with E-state index in [1.807, 2.05) is 0 Å². The third-order valence-corrected chi connectivity index (χ3v) is 9.37. The molecule has 0 aromatic carbocycles. The zero-order chi connectivity index (χ0) is 18.3. The maximum Gasteiger partial charge on any atom is 0.432 e. The van der Waals surface area contributed by atoms with Crippen LogP contribution in [0.3, 0.4) is 0 Å². The summed E-state index contributed by atoms with van der Waals surface area (Å²) < 4.78 is 35.3. The SMILES string of the molecule is O=S(=O)(ONC12CC3CC(CC(C3)C1)C2)ONC12CC3CC(CC(C3)C1)C2. The van der Waals surface area contributed by atoms with Gasteiger partial charge < -0.3 is 0 Å². The van der Waals surface area contributed by atoms with Gasteiger partial charge in [0.15, 0.2) is 0 Å². The van der Waals surface area contributed by atoms with Gasteiger partial charge >= 0.3 is 10.4 Å². The van der Waals surface area contributed by atoms with Crippen molar-refractivity contribution in [3.05, 3.63) is 0 Å². The highest BCUT2D eigenvalue weighted by Crippen LogP contribution is 2.56. The average Bonchev–Trinajstić information content (AvgIpc) is 2.57. The second-order valence-corrected chi connectivity index (χ2v) is 12.3. The molecule has 8 fully saturated rings. The number of hydrogen-bond acceptors (Lipinski definition) is 6. The fourth-order valence-electron chi connectivity index (χ4n) is 8.77. The minimum Gasteiger partial charge on any atom is -0.176 e. The van der Waals surface area contributed by atoms with Gasteiger partial charge in [-0.15, -0.1) is 0 Å². The van der Waals surface area contributed by atoms with E-state index in [1.54, 1.807) is 0 Å². The first kappa shape index (κ1) is 17.6. The molecule has 6 nitrogen and oxygen atoms in total. The summed E-state index contributed by atoms with van der Waals surface area (Å²) >= 11 is 0. The van der Waals surface area contributed by atoms with E-state index in [1.165, 1.54) is 38.5 Å². The molecule has 0 aromatic rings. The van der Waals surface area contributed by atoms with Crippen molar-refractivity contribution in [2.75, 3.05) is 0 Å². The van der Waals surface area contributed by atoms with Crippen LogP contribution in [-0.4, -0.2) is 19.5 Å². The molecule has 8 rings (SSSR count). The van der Waals surface area contributed by atoms with Crippen LogP contribution < -0.4 is 11.0 Å². The Balaban J connectivity index is 1.08. The normalized spacial score (nSPS) is 52.6.